The summed E-state index contributed by atoms with van der Waals surface area (Å²) in [6.45, 7) is 5.63. The zero-order valence-corrected chi connectivity index (χ0v) is 17.2. The molecular weight excluding hydrogens is 374 g/mol. The molecule has 0 radical (unpaired) electrons. The molecule has 7 nitrogen and oxygen atoms in total. The number of fused-ring (bicyclic) bond motifs is 2. The van der Waals surface area contributed by atoms with E-state index >= 15 is 0 Å². The van der Waals surface area contributed by atoms with Crippen LogP contribution in [0.15, 0.2) is 42.7 Å². The standard InChI is InChI=1S/C23H27N7/c1-14-13-25-6-8-29(14)17-10-16(11-17)23-28-20(21-22(24)26-7-9-30(21)23)19-12-15-4-2-3-5-18(15)27-19/h2-5,7,9,12,14,16-17,25,27H,6,8,10-11,13H2,1H3,(H2,24,26)/t14?,16-,17+. The van der Waals surface area contributed by atoms with E-state index in [-0.39, 0.29) is 0 Å². The van der Waals surface area contributed by atoms with Gasteiger partial charge >= 0.3 is 0 Å². The molecule has 1 saturated heterocycles. The van der Waals surface area contributed by atoms with Crippen molar-refractivity contribution < 1.29 is 0 Å². The number of benzene rings is 1. The summed E-state index contributed by atoms with van der Waals surface area (Å²) < 4.78 is 2.16. The Morgan fingerprint density at radius 1 is 1.20 bits per heavy atom. The van der Waals surface area contributed by atoms with Crippen molar-refractivity contribution in [3.05, 3.63) is 48.5 Å². The molecule has 30 heavy (non-hydrogen) atoms. The van der Waals surface area contributed by atoms with Crippen LogP contribution in [0.2, 0.25) is 0 Å². The van der Waals surface area contributed by atoms with Gasteiger partial charge in [-0.2, -0.15) is 0 Å². The van der Waals surface area contributed by atoms with Gasteiger partial charge in [-0.3, -0.25) is 9.30 Å². The van der Waals surface area contributed by atoms with Crippen molar-refractivity contribution in [3.8, 4) is 11.4 Å². The Kier molecular flexibility index (Phi) is 4.07. The Labute approximate surface area is 175 Å². The van der Waals surface area contributed by atoms with Gasteiger partial charge in [0, 0.05) is 60.9 Å². The van der Waals surface area contributed by atoms with Gasteiger partial charge in [0.2, 0.25) is 0 Å². The smallest absolute Gasteiger partial charge is 0.150 e. The van der Waals surface area contributed by atoms with Gasteiger partial charge in [0.05, 0.1) is 5.69 Å². The summed E-state index contributed by atoms with van der Waals surface area (Å²) in [6, 6.07) is 11.7. The molecule has 0 spiro atoms. The van der Waals surface area contributed by atoms with Crippen LogP contribution in [0.5, 0.6) is 0 Å². The first-order chi connectivity index (χ1) is 14.7. The molecule has 154 valence electrons. The summed E-state index contributed by atoms with van der Waals surface area (Å²) in [5, 5.41) is 4.67. The largest absolute Gasteiger partial charge is 0.382 e. The molecule has 1 unspecified atom stereocenters. The summed E-state index contributed by atoms with van der Waals surface area (Å²) in [4.78, 5) is 15.6. The van der Waals surface area contributed by atoms with Crippen LogP contribution in [0.25, 0.3) is 27.8 Å². The molecule has 1 aromatic carbocycles. The van der Waals surface area contributed by atoms with E-state index in [1.54, 1.807) is 6.20 Å². The number of rotatable bonds is 3. The van der Waals surface area contributed by atoms with Crippen LogP contribution in [0, 0.1) is 0 Å². The topological polar surface area (TPSA) is 87.3 Å². The maximum absolute atomic E-state index is 6.32. The lowest BCUT2D eigenvalue weighted by Crippen LogP contribution is -2.57. The highest BCUT2D eigenvalue weighted by molar-refractivity contribution is 5.91. The van der Waals surface area contributed by atoms with Crippen molar-refractivity contribution >= 4 is 22.2 Å². The predicted octanol–water partition coefficient (Wildman–Crippen LogP) is 3.00. The van der Waals surface area contributed by atoms with Crippen molar-refractivity contribution in [2.45, 2.75) is 37.8 Å². The average Bonchev–Trinajstić information content (AvgIpc) is 3.31. The van der Waals surface area contributed by atoms with Gasteiger partial charge in [-0.05, 0) is 31.9 Å². The SMILES string of the molecule is CC1CNCCN1[C@H]1C[C@@H](c2nc(-c3cc4ccccc4[nH]3)c3c(N)nccn32)C1. The number of nitrogens with zero attached hydrogens (tertiary/aromatic N) is 4. The first-order valence-electron chi connectivity index (χ1n) is 10.9. The second kappa shape index (κ2) is 6.82. The lowest BCUT2D eigenvalue weighted by atomic mass is 9.78. The molecule has 2 fully saturated rings. The minimum Gasteiger partial charge on any atom is -0.382 e. The highest BCUT2D eigenvalue weighted by atomic mass is 15.2. The molecule has 2 aliphatic rings. The number of hydrogen-bond donors (Lipinski definition) is 3. The maximum Gasteiger partial charge on any atom is 0.150 e. The fourth-order valence-corrected chi connectivity index (χ4v) is 5.23. The summed E-state index contributed by atoms with van der Waals surface area (Å²) >= 11 is 0. The predicted molar refractivity (Wildman–Crippen MR) is 119 cm³/mol. The van der Waals surface area contributed by atoms with Gasteiger partial charge in [-0.15, -0.1) is 0 Å². The third-order valence-electron chi connectivity index (χ3n) is 6.90. The lowest BCUT2D eigenvalue weighted by molar-refractivity contribution is 0.0540. The van der Waals surface area contributed by atoms with E-state index in [4.69, 9.17) is 10.7 Å². The van der Waals surface area contributed by atoms with Gasteiger partial charge in [0.1, 0.15) is 22.9 Å². The summed E-state index contributed by atoms with van der Waals surface area (Å²) in [5.74, 6) is 2.08. The third-order valence-corrected chi connectivity index (χ3v) is 6.90. The Hall–Kier alpha value is -2.90. The number of imidazole rings is 1. The molecule has 0 bridgehead atoms. The molecule has 4 aromatic rings. The number of piperazine rings is 1. The molecule has 3 aromatic heterocycles. The van der Waals surface area contributed by atoms with Crippen LogP contribution < -0.4 is 11.1 Å². The van der Waals surface area contributed by atoms with Crippen LogP contribution in [-0.2, 0) is 0 Å². The van der Waals surface area contributed by atoms with E-state index in [1.807, 2.05) is 12.3 Å². The highest BCUT2D eigenvalue weighted by Crippen LogP contribution is 2.42. The van der Waals surface area contributed by atoms with Crippen LogP contribution >= 0.6 is 0 Å². The van der Waals surface area contributed by atoms with Crippen molar-refractivity contribution in [2.24, 2.45) is 0 Å². The molecule has 1 aliphatic heterocycles. The van der Waals surface area contributed by atoms with Crippen molar-refractivity contribution in [3.63, 3.8) is 0 Å². The first kappa shape index (κ1) is 17.9. The fraction of sp³-hybridized carbons (Fsp3) is 0.391. The van der Waals surface area contributed by atoms with Crippen LogP contribution in [-0.4, -0.2) is 56.0 Å². The quantitative estimate of drug-likeness (QED) is 0.491. The van der Waals surface area contributed by atoms with E-state index in [9.17, 15) is 0 Å². The van der Waals surface area contributed by atoms with Gasteiger partial charge < -0.3 is 16.0 Å². The number of nitrogens with one attached hydrogen (secondary N) is 2. The van der Waals surface area contributed by atoms with Crippen molar-refractivity contribution in [2.75, 3.05) is 25.4 Å². The van der Waals surface area contributed by atoms with E-state index in [1.165, 1.54) is 5.39 Å². The normalized spacial score (nSPS) is 25.0. The second-order valence-corrected chi connectivity index (χ2v) is 8.73. The Morgan fingerprint density at radius 3 is 2.90 bits per heavy atom. The monoisotopic (exact) mass is 401 g/mol. The van der Waals surface area contributed by atoms with E-state index in [0.717, 1.165) is 60.7 Å². The van der Waals surface area contributed by atoms with E-state index < -0.39 is 0 Å². The molecule has 1 atom stereocenters. The van der Waals surface area contributed by atoms with Gasteiger partial charge in [0.25, 0.3) is 0 Å². The number of nitrogen functional groups attached to an aromatic ring is 1. The number of para-hydroxylation sites is 1. The molecular formula is C23H27N7. The molecule has 6 rings (SSSR count). The molecule has 4 N–H and O–H groups in total. The van der Waals surface area contributed by atoms with E-state index in [2.05, 4.69) is 55.8 Å². The molecule has 4 heterocycles. The molecule has 7 heteroatoms. The zero-order chi connectivity index (χ0) is 20.2. The Morgan fingerprint density at radius 2 is 2.07 bits per heavy atom. The Bertz CT molecular complexity index is 1180. The van der Waals surface area contributed by atoms with Gasteiger partial charge in [-0.25, -0.2) is 9.97 Å². The summed E-state index contributed by atoms with van der Waals surface area (Å²) in [7, 11) is 0. The molecule has 1 aliphatic carbocycles. The molecule has 0 amide bonds. The van der Waals surface area contributed by atoms with Crippen LogP contribution in [0.1, 0.15) is 31.5 Å². The minimum atomic E-state index is 0.449. The number of aromatic amines is 1. The second-order valence-electron chi connectivity index (χ2n) is 8.73. The summed E-state index contributed by atoms with van der Waals surface area (Å²) in [5.41, 5.74) is 10.2. The van der Waals surface area contributed by atoms with Crippen molar-refractivity contribution in [1.29, 1.82) is 0 Å². The molecule has 1 saturated carbocycles. The van der Waals surface area contributed by atoms with Crippen molar-refractivity contribution in [1.82, 2.24) is 29.6 Å². The maximum atomic E-state index is 6.32. The minimum absolute atomic E-state index is 0.449. The van der Waals surface area contributed by atoms with E-state index in [0.29, 0.717) is 23.8 Å². The average molecular weight is 402 g/mol. The van der Waals surface area contributed by atoms with Gasteiger partial charge in [-0.1, -0.05) is 18.2 Å². The highest BCUT2D eigenvalue weighted by Gasteiger charge is 2.39. The zero-order valence-electron chi connectivity index (χ0n) is 17.2. The number of aromatic nitrogens is 4. The number of hydrogen-bond acceptors (Lipinski definition) is 5. The van der Waals surface area contributed by atoms with Crippen LogP contribution in [0.4, 0.5) is 5.82 Å². The number of H-pyrrole nitrogens is 1. The number of anilines is 1. The fourth-order valence-electron chi connectivity index (χ4n) is 5.23. The Balaban J connectivity index is 1.37. The third kappa shape index (κ3) is 2.73. The number of nitrogens with two attached hydrogens (primary N) is 1. The first-order valence-corrected chi connectivity index (χ1v) is 10.9. The summed E-state index contributed by atoms with van der Waals surface area (Å²) in [6.07, 6.45) is 6.08. The lowest BCUT2D eigenvalue weighted by Gasteiger charge is -2.47. The van der Waals surface area contributed by atoms with Gasteiger partial charge in [0.15, 0.2) is 0 Å². The van der Waals surface area contributed by atoms with Crippen LogP contribution in [0.3, 0.4) is 0 Å².